The van der Waals surface area contributed by atoms with Gasteiger partial charge in [-0.2, -0.15) is 0 Å². The molecule has 0 saturated carbocycles. The molecule has 1 unspecified atom stereocenters. The first-order valence-electron chi connectivity index (χ1n) is 5.36. The predicted molar refractivity (Wildman–Crippen MR) is 69.7 cm³/mol. The van der Waals surface area contributed by atoms with Gasteiger partial charge < -0.3 is 11.1 Å². The van der Waals surface area contributed by atoms with Crippen molar-refractivity contribution in [1.82, 2.24) is 9.97 Å². The molecule has 4 nitrogen and oxygen atoms in total. The van der Waals surface area contributed by atoms with Crippen molar-refractivity contribution in [2.75, 3.05) is 18.1 Å². The highest BCUT2D eigenvalue weighted by Gasteiger charge is 2.26. The lowest BCUT2D eigenvalue weighted by Crippen LogP contribution is -2.47. The van der Waals surface area contributed by atoms with Gasteiger partial charge in [-0.15, -0.1) is 11.8 Å². The molecule has 0 amide bonds. The van der Waals surface area contributed by atoms with E-state index in [2.05, 4.69) is 36.1 Å². The van der Waals surface area contributed by atoms with Crippen LogP contribution in [0.3, 0.4) is 0 Å². The normalized spacial score (nSPS) is 14.9. The summed E-state index contributed by atoms with van der Waals surface area (Å²) in [4.78, 5) is 8.35. The summed E-state index contributed by atoms with van der Waals surface area (Å²) in [6.07, 6.45) is 3.57. The van der Waals surface area contributed by atoms with Gasteiger partial charge in [0.25, 0.3) is 0 Å². The van der Waals surface area contributed by atoms with E-state index in [1.165, 1.54) is 0 Å². The SMILES string of the molecule is CSc1cc(NC(C)(CN)C(C)C)ncn1. The molecule has 0 spiro atoms. The average Bonchev–Trinajstić information content (AvgIpc) is 2.29. The fraction of sp³-hybridized carbons (Fsp3) is 0.636. The zero-order valence-corrected chi connectivity index (χ0v) is 11.1. The molecule has 16 heavy (non-hydrogen) atoms. The molecule has 0 bridgehead atoms. The number of nitrogens with zero attached hydrogens (tertiary/aromatic N) is 2. The van der Waals surface area contributed by atoms with Gasteiger partial charge in [0.2, 0.25) is 0 Å². The number of rotatable bonds is 5. The molecule has 1 rings (SSSR count). The fourth-order valence-corrected chi connectivity index (χ4v) is 1.63. The molecule has 1 aromatic rings. The van der Waals surface area contributed by atoms with Crippen molar-refractivity contribution in [3.05, 3.63) is 12.4 Å². The first-order chi connectivity index (χ1) is 7.51. The predicted octanol–water partition coefficient (Wildman–Crippen LogP) is 1.98. The van der Waals surface area contributed by atoms with Gasteiger partial charge in [-0.25, -0.2) is 9.97 Å². The van der Waals surface area contributed by atoms with Gasteiger partial charge in [-0.05, 0) is 19.1 Å². The van der Waals surface area contributed by atoms with Crippen molar-refractivity contribution < 1.29 is 0 Å². The van der Waals surface area contributed by atoms with Gasteiger partial charge in [0, 0.05) is 12.6 Å². The lowest BCUT2D eigenvalue weighted by Gasteiger charge is -2.34. The van der Waals surface area contributed by atoms with Crippen LogP contribution in [0.15, 0.2) is 17.4 Å². The van der Waals surface area contributed by atoms with Gasteiger partial charge in [0.1, 0.15) is 17.2 Å². The molecule has 0 saturated heterocycles. The highest BCUT2D eigenvalue weighted by molar-refractivity contribution is 7.98. The monoisotopic (exact) mass is 240 g/mol. The quantitative estimate of drug-likeness (QED) is 0.608. The van der Waals surface area contributed by atoms with Gasteiger partial charge in [-0.3, -0.25) is 0 Å². The number of anilines is 1. The van der Waals surface area contributed by atoms with Crippen LogP contribution < -0.4 is 11.1 Å². The third-order valence-electron chi connectivity index (χ3n) is 2.96. The van der Waals surface area contributed by atoms with E-state index in [1.807, 2.05) is 12.3 Å². The Kier molecular flexibility index (Phi) is 4.56. The van der Waals surface area contributed by atoms with Crippen LogP contribution in [0.25, 0.3) is 0 Å². The van der Waals surface area contributed by atoms with E-state index in [0.29, 0.717) is 12.5 Å². The largest absolute Gasteiger partial charge is 0.363 e. The second kappa shape index (κ2) is 5.50. The minimum atomic E-state index is -0.135. The first-order valence-corrected chi connectivity index (χ1v) is 6.58. The Morgan fingerprint density at radius 1 is 1.50 bits per heavy atom. The van der Waals surface area contributed by atoms with Crippen LogP contribution in [0.5, 0.6) is 0 Å². The van der Waals surface area contributed by atoms with Crippen LogP contribution >= 0.6 is 11.8 Å². The molecule has 3 N–H and O–H groups in total. The van der Waals surface area contributed by atoms with Gasteiger partial charge in [0.05, 0.1) is 5.54 Å². The highest BCUT2D eigenvalue weighted by Crippen LogP contribution is 2.22. The topological polar surface area (TPSA) is 63.8 Å². The molecular formula is C11H20N4S. The Morgan fingerprint density at radius 3 is 2.69 bits per heavy atom. The molecule has 0 aromatic carbocycles. The lowest BCUT2D eigenvalue weighted by molar-refractivity contribution is 0.381. The van der Waals surface area contributed by atoms with Crippen molar-refractivity contribution in [1.29, 1.82) is 0 Å². The molecular weight excluding hydrogens is 220 g/mol. The van der Waals surface area contributed by atoms with E-state index in [-0.39, 0.29) is 5.54 Å². The van der Waals surface area contributed by atoms with E-state index in [1.54, 1.807) is 18.1 Å². The Hall–Kier alpha value is -0.810. The number of aromatic nitrogens is 2. The zero-order chi connectivity index (χ0) is 12.2. The maximum Gasteiger partial charge on any atom is 0.130 e. The van der Waals surface area contributed by atoms with Crippen molar-refractivity contribution in [2.24, 2.45) is 11.7 Å². The molecule has 5 heteroatoms. The number of thioether (sulfide) groups is 1. The summed E-state index contributed by atoms with van der Waals surface area (Å²) < 4.78 is 0. The minimum absolute atomic E-state index is 0.135. The summed E-state index contributed by atoms with van der Waals surface area (Å²) in [6.45, 7) is 6.98. The zero-order valence-electron chi connectivity index (χ0n) is 10.3. The van der Waals surface area contributed by atoms with E-state index < -0.39 is 0 Å². The van der Waals surface area contributed by atoms with E-state index in [0.717, 1.165) is 10.8 Å². The Bertz CT molecular complexity index is 343. The van der Waals surface area contributed by atoms with Gasteiger partial charge in [0.15, 0.2) is 0 Å². The highest BCUT2D eigenvalue weighted by atomic mass is 32.2. The third kappa shape index (κ3) is 3.09. The average molecular weight is 240 g/mol. The van der Waals surface area contributed by atoms with Crippen LogP contribution in [0.1, 0.15) is 20.8 Å². The summed E-state index contributed by atoms with van der Waals surface area (Å²) in [5.74, 6) is 1.27. The minimum Gasteiger partial charge on any atom is -0.363 e. The molecule has 0 aliphatic rings. The Labute approximate surface area is 101 Å². The summed E-state index contributed by atoms with van der Waals surface area (Å²) in [6, 6.07) is 1.95. The lowest BCUT2D eigenvalue weighted by atomic mass is 9.88. The number of nitrogens with two attached hydrogens (primary N) is 1. The second-order valence-electron chi connectivity index (χ2n) is 4.35. The van der Waals surface area contributed by atoms with Crippen molar-refractivity contribution >= 4 is 17.6 Å². The molecule has 0 aliphatic heterocycles. The number of hydrogen-bond donors (Lipinski definition) is 2. The van der Waals surface area contributed by atoms with Crippen LogP contribution in [0.4, 0.5) is 5.82 Å². The van der Waals surface area contributed by atoms with Crippen LogP contribution in [-0.2, 0) is 0 Å². The number of hydrogen-bond acceptors (Lipinski definition) is 5. The van der Waals surface area contributed by atoms with E-state index in [4.69, 9.17) is 5.73 Å². The fourth-order valence-electron chi connectivity index (χ4n) is 1.24. The Morgan fingerprint density at radius 2 is 2.19 bits per heavy atom. The summed E-state index contributed by atoms with van der Waals surface area (Å²) in [5, 5.41) is 4.35. The van der Waals surface area contributed by atoms with Crippen LogP contribution in [0, 0.1) is 5.92 Å². The summed E-state index contributed by atoms with van der Waals surface area (Å²) in [7, 11) is 0. The van der Waals surface area contributed by atoms with Gasteiger partial charge >= 0.3 is 0 Å². The molecule has 0 aliphatic carbocycles. The third-order valence-corrected chi connectivity index (χ3v) is 3.60. The van der Waals surface area contributed by atoms with Gasteiger partial charge in [-0.1, -0.05) is 13.8 Å². The standard InChI is InChI=1S/C11H20N4S/c1-8(2)11(3,6-12)15-9-5-10(16-4)14-7-13-9/h5,7-8H,6,12H2,1-4H3,(H,13,14,15). The molecule has 1 aromatic heterocycles. The van der Waals surface area contributed by atoms with E-state index >= 15 is 0 Å². The summed E-state index contributed by atoms with van der Waals surface area (Å²) in [5.41, 5.74) is 5.68. The second-order valence-corrected chi connectivity index (χ2v) is 5.17. The van der Waals surface area contributed by atoms with Crippen molar-refractivity contribution in [2.45, 2.75) is 31.3 Å². The molecule has 0 fully saturated rings. The Balaban J connectivity index is 2.85. The van der Waals surface area contributed by atoms with Crippen LogP contribution in [0.2, 0.25) is 0 Å². The van der Waals surface area contributed by atoms with Crippen LogP contribution in [-0.4, -0.2) is 28.3 Å². The molecule has 1 heterocycles. The maximum atomic E-state index is 5.82. The number of nitrogens with one attached hydrogen (secondary N) is 1. The molecule has 1 atom stereocenters. The molecule has 90 valence electrons. The molecule has 0 radical (unpaired) electrons. The van der Waals surface area contributed by atoms with Crippen molar-refractivity contribution in [3.8, 4) is 0 Å². The summed E-state index contributed by atoms with van der Waals surface area (Å²) >= 11 is 1.60. The maximum absolute atomic E-state index is 5.82. The first kappa shape index (κ1) is 13.3. The van der Waals surface area contributed by atoms with E-state index in [9.17, 15) is 0 Å². The smallest absolute Gasteiger partial charge is 0.130 e. The van der Waals surface area contributed by atoms with Crippen molar-refractivity contribution in [3.63, 3.8) is 0 Å².